The van der Waals surface area contributed by atoms with E-state index in [1.165, 1.54) is 12.8 Å². The molecule has 0 bridgehead atoms. The molecule has 2 aliphatic heterocycles. The minimum absolute atomic E-state index is 0.103. The summed E-state index contributed by atoms with van der Waals surface area (Å²) in [4.78, 5) is 21.4. The molecule has 2 saturated heterocycles. The van der Waals surface area contributed by atoms with Crippen molar-refractivity contribution in [2.24, 2.45) is 0 Å². The number of rotatable bonds is 3. The van der Waals surface area contributed by atoms with Crippen LogP contribution in [0.2, 0.25) is 0 Å². The molecule has 2 fully saturated rings. The van der Waals surface area contributed by atoms with Crippen molar-refractivity contribution in [1.82, 2.24) is 14.8 Å². The van der Waals surface area contributed by atoms with E-state index >= 15 is 0 Å². The van der Waals surface area contributed by atoms with Crippen LogP contribution in [0, 0.1) is 0 Å². The molecule has 2 aromatic rings. The van der Waals surface area contributed by atoms with Gasteiger partial charge in [-0.25, -0.2) is 0 Å². The Morgan fingerprint density at radius 1 is 1.23 bits per heavy atom. The Hall–Kier alpha value is -2.02. The largest absolute Gasteiger partial charge is 0.384 e. The maximum Gasteiger partial charge on any atom is 0.255 e. The van der Waals surface area contributed by atoms with Gasteiger partial charge in [-0.15, -0.1) is 0 Å². The first-order valence-corrected chi connectivity index (χ1v) is 9.30. The fourth-order valence-electron chi connectivity index (χ4n) is 3.91. The number of hydrogen-bond donors (Lipinski definition) is 1. The number of carbonyl (C=O) groups is 1. The highest BCUT2D eigenvalue weighted by Crippen LogP contribution is 2.20. The zero-order valence-corrected chi connectivity index (χ0v) is 14.9. The third-order valence-corrected chi connectivity index (χ3v) is 5.20. The van der Waals surface area contributed by atoms with Gasteiger partial charge in [-0.2, -0.15) is 0 Å². The minimum Gasteiger partial charge on any atom is -0.384 e. The van der Waals surface area contributed by atoms with Gasteiger partial charge in [0.2, 0.25) is 0 Å². The molecule has 138 valence electrons. The molecule has 0 saturated carbocycles. The summed E-state index contributed by atoms with van der Waals surface area (Å²) in [5.74, 6) is -0.103. The minimum atomic E-state index is -1.03. The molecule has 4 rings (SSSR count). The van der Waals surface area contributed by atoms with Crippen molar-refractivity contribution in [1.29, 1.82) is 0 Å². The first-order valence-electron chi connectivity index (χ1n) is 9.30. The topological polar surface area (TPSA) is 65.9 Å². The standard InChI is InChI=1S/C20H25N3O3/c24-19(17-11-16-5-1-2-6-18(16)21-12-17)23-9-10-26-15-20(25,14-23)13-22-7-3-4-8-22/h1-2,5-6,11-12,25H,3-4,7-10,13-15H2/t20-/m1/s1. The van der Waals surface area contributed by atoms with Crippen LogP contribution >= 0.6 is 0 Å². The number of para-hydroxylation sites is 1. The summed E-state index contributed by atoms with van der Waals surface area (Å²) in [6, 6.07) is 9.62. The molecule has 0 unspecified atom stereocenters. The van der Waals surface area contributed by atoms with Gasteiger partial charge < -0.3 is 19.6 Å². The van der Waals surface area contributed by atoms with Gasteiger partial charge in [0.15, 0.2) is 0 Å². The van der Waals surface area contributed by atoms with Gasteiger partial charge in [-0.1, -0.05) is 18.2 Å². The smallest absolute Gasteiger partial charge is 0.255 e. The molecule has 6 nitrogen and oxygen atoms in total. The molecule has 2 aliphatic rings. The fraction of sp³-hybridized carbons (Fsp3) is 0.500. The van der Waals surface area contributed by atoms with Gasteiger partial charge >= 0.3 is 0 Å². The average molecular weight is 355 g/mol. The van der Waals surface area contributed by atoms with Crippen molar-refractivity contribution in [3.63, 3.8) is 0 Å². The number of hydrogen-bond acceptors (Lipinski definition) is 5. The number of fused-ring (bicyclic) bond motifs is 1. The van der Waals surface area contributed by atoms with Crippen LogP contribution in [0.15, 0.2) is 36.5 Å². The van der Waals surface area contributed by atoms with Crippen LogP contribution in [-0.2, 0) is 4.74 Å². The quantitative estimate of drug-likeness (QED) is 0.905. The molecule has 1 N–H and O–H groups in total. The Morgan fingerprint density at radius 3 is 2.88 bits per heavy atom. The number of aliphatic hydroxyl groups is 1. The number of aromatic nitrogens is 1. The van der Waals surface area contributed by atoms with Gasteiger partial charge in [0.05, 0.1) is 30.8 Å². The van der Waals surface area contributed by atoms with Crippen molar-refractivity contribution in [2.75, 3.05) is 45.9 Å². The van der Waals surface area contributed by atoms with Gasteiger partial charge in [0.1, 0.15) is 5.60 Å². The lowest BCUT2D eigenvalue weighted by Crippen LogP contribution is -2.53. The van der Waals surface area contributed by atoms with Gasteiger partial charge in [0.25, 0.3) is 5.91 Å². The lowest BCUT2D eigenvalue weighted by molar-refractivity contribution is -0.0524. The number of carbonyl (C=O) groups excluding carboxylic acids is 1. The molecular weight excluding hydrogens is 330 g/mol. The highest BCUT2D eigenvalue weighted by molar-refractivity contribution is 5.97. The summed E-state index contributed by atoms with van der Waals surface area (Å²) in [6.07, 6.45) is 3.96. The van der Waals surface area contributed by atoms with Crippen molar-refractivity contribution >= 4 is 16.8 Å². The second-order valence-corrected chi connectivity index (χ2v) is 7.40. The summed E-state index contributed by atoms with van der Waals surface area (Å²) in [5.41, 5.74) is 0.392. The summed E-state index contributed by atoms with van der Waals surface area (Å²) in [5, 5.41) is 12.0. The normalized spacial score (nSPS) is 24.7. The molecule has 0 spiro atoms. The molecule has 1 atom stereocenters. The van der Waals surface area contributed by atoms with E-state index in [2.05, 4.69) is 9.88 Å². The summed E-state index contributed by atoms with van der Waals surface area (Å²) in [6.45, 7) is 4.03. The van der Waals surface area contributed by atoms with E-state index in [9.17, 15) is 9.90 Å². The predicted molar refractivity (Wildman–Crippen MR) is 99.1 cm³/mol. The maximum atomic E-state index is 13.0. The number of benzene rings is 1. The van der Waals surface area contributed by atoms with Crippen LogP contribution in [0.3, 0.4) is 0 Å². The third-order valence-electron chi connectivity index (χ3n) is 5.20. The Bertz CT molecular complexity index is 791. The predicted octanol–water partition coefficient (Wildman–Crippen LogP) is 1.53. The summed E-state index contributed by atoms with van der Waals surface area (Å²) in [7, 11) is 0. The van der Waals surface area contributed by atoms with Crippen molar-refractivity contribution in [3.05, 3.63) is 42.1 Å². The van der Waals surface area contributed by atoms with Crippen LogP contribution in [-0.4, -0.2) is 77.3 Å². The van der Waals surface area contributed by atoms with E-state index < -0.39 is 5.60 Å². The van der Waals surface area contributed by atoms with Crippen LogP contribution < -0.4 is 0 Å². The lowest BCUT2D eigenvalue weighted by atomic mass is 10.0. The monoisotopic (exact) mass is 355 g/mol. The van der Waals surface area contributed by atoms with Gasteiger partial charge in [-0.3, -0.25) is 9.78 Å². The van der Waals surface area contributed by atoms with E-state index in [-0.39, 0.29) is 19.1 Å². The Balaban J connectivity index is 1.53. The second kappa shape index (κ2) is 7.31. The van der Waals surface area contributed by atoms with E-state index in [4.69, 9.17) is 4.74 Å². The molecule has 0 aliphatic carbocycles. The highest BCUT2D eigenvalue weighted by atomic mass is 16.5. The number of nitrogens with zero attached hydrogens (tertiary/aromatic N) is 3. The number of β-amino-alcohol motifs (C(OH)–C–C–N with tert-alkyl or cyclic N) is 1. The second-order valence-electron chi connectivity index (χ2n) is 7.40. The lowest BCUT2D eigenvalue weighted by Gasteiger charge is -2.34. The average Bonchev–Trinajstić information content (AvgIpc) is 3.08. The zero-order chi connectivity index (χ0) is 18.0. The van der Waals surface area contributed by atoms with E-state index in [0.29, 0.717) is 25.3 Å². The van der Waals surface area contributed by atoms with Crippen LogP contribution in [0.5, 0.6) is 0 Å². The van der Waals surface area contributed by atoms with Crippen molar-refractivity contribution in [2.45, 2.75) is 18.4 Å². The fourth-order valence-corrected chi connectivity index (χ4v) is 3.91. The molecule has 6 heteroatoms. The van der Waals surface area contributed by atoms with Crippen molar-refractivity contribution in [3.8, 4) is 0 Å². The van der Waals surface area contributed by atoms with Crippen LogP contribution in [0.4, 0.5) is 0 Å². The molecular formula is C20H25N3O3. The number of pyridine rings is 1. The molecule has 1 aromatic carbocycles. The number of likely N-dealkylation sites (tertiary alicyclic amines) is 1. The molecule has 0 radical (unpaired) electrons. The van der Waals surface area contributed by atoms with E-state index in [1.54, 1.807) is 11.1 Å². The molecule has 1 aromatic heterocycles. The molecule has 1 amide bonds. The Morgan fingerprint density at radius 2 is 2.04 bits per heavy atom. The summed E-state index contributed by atoms with van der Waals surface area (Å²) < 4.78 is 5.62. The van der Waals surface area contributed by atoms with Crippen LogP contribution in [0.25, 0.3) is 10.9 Å². The maximum absolute atomic E-state index is 13.0. The van der Waals surface area contributed by atoms with Crippen LogP contribution in [0.1, 0.15) is 23.2 Å². The Kier molecular flexibility index (Phi) is 4.89. The highest BCUT2D eigenvalue weighted by Gasteiger charge is 2.36. The first kappa shape index (κ1) is 17.4. The Labute approximate surface area is 153 Å². The zero-order valence-electron chi connectivity index (χ0n) is 14.9. The molecule has 26 heavy (non-hydrogen) atoms. The first-order chi connectivity index (χ1) is 12.6. The van der Waals surface area contributed by atoms with Gasteiger partial charge in [-0.05, 0) is 38.1 Å². The third kappa shape index (κ3) is 3.72. The van der Waals surface area contributed by atoms with Gasteiger partial charge in [0, 0.05) is 24.7 Å². The van der Waals surface area contributed by atoms with E-state index in [1.807, 2.05) is 30.3 Å². The molecule has 3 heterocycles. The SMILES string of the molecule is O=C(c1cnc2ccccc2c1)N1CCOC[C@@](O)(CN2CCCC2)C1. The number of amides is 1. The number of ether oxygens (including phenoxy) is 1. The van der Waals surface area contributed by atoms with Crippen molar-refractivity contribution < 1.29 is 14.6 Å². The van der Waals surface area contributed by atoms with E-state index in [0.717, 1.165) is 24.0 Å². The summed E-state index contributed by atoms with van der Waals surface area (Å²) >= 11 is 0.